The molecule has 2 rings (SSSR count). The van der Waals surface area contributed by atoms with Gasteiger partial charge in [-0.3, -0.25) is 14.4 Å². The van der Waals surface area contributed by atoms with Gasteiger partial charge in [-0.1, -0.05) is 30.7 Å². The number of ether oxygens (including phenoxy) is 1. The number of carbonyl (C=O) groups is 3. The minimum atomic E-state index is -0.705. The molecule has 0 aliphatic carbocycles. The molecule has 0 saturated carbocycles. The van der Waals surface area contributed by atoms with Gasteiger partial charge in [-0.15, -0.1) is 0 Å². The standard InChI is InChI=1S/C19H19ClN2O4/c1-2-13-3-9-16(10-4-13)22-17(23)12-26-18(24)11-21-19(25)14-5-7-15(20)8-6-14/h3-10H,2,11-12H2,1H3,(H,21,25)(H,22,23). The van der Waals surface area contributed by atoms with Gasteiger partial charge in [0.2, 0.25) is 0 Å². The van der Waals surface area contributed by atoms with Crippen molar-refractivity contribution in [2.24, 2.45) is 0 Å². The number of benzene rings is 2. The maximum Gasteiger partial charge on any atom is 0.325 e. The number of esters is 1. The Bertz CT molecular complexity index is 773. The average molecular weight is 375 g/mol. The number of nitrogens with one attached hydrogen (secondary N) is 2. The number of carbonyl (C=O) groups excluding carboxylic acids is 3. The molecule has 26 heavy (non-hydrogen) atoms. The van der Waals surface area contributed by atoms with Gasteiger partial charge in [-0.25, -0.2) is 0 Å². The molecular formula is C19H19ClN2O4. The molecule has 0 aliphatic heterocycles. The third kappa shape index (κ3) is 6.22. The summed E-state index contributed by atoms with van der Waals surface area (Å²) < 4.78 is 4.84. The minimum absolute atomic E-state index is 0.333. The lowest BCUT2D eigenvalue weighted by Crippen LogP contribution is -2.32. The quantitative estimate of drug-likeness (QED) is 0.730. The molecule has 0 heterocycles. The van der Waals surface area contributed by atoms with E-state index < -0.39 is 24.4 Å². The summed E-state index contributed by atoms with van der Waals surface area (Å²) >= 11 is 5.74. The van der Waals surface area contributed by atoms with E-state index in [4.69, 9.17) is 16.3 Å². The maximum atomic E-state index is 11.9. The molecule has 0 bridgehead atoms. The molecule has 6 nitrogen and oxygen atoms in total. The van der Waals surface area contributed by atoms with Crippen molar-refractivity contribution >= 4 is 35.1 Å². The van der Waals surface area contributed by atoms with Gasteiger partial charge in [-0.2, -0.15) is 0 Å². The highest BCUT2D eigenvalue weighted by atomic mass is 35.5. The molecule has 0 unspecified atom stereocenters. The average Bonchev–Trinajstić information content (AvgIpc) is 2.65. The minimum Gasteiger partial charge on any atom is -0.454 e. The molecule has 2 aromatic carbocycles. The number of amides is 2. The molecule has 136 valence electrons. The Kier molecular flexibility index (Phi) is 7.17. The van der Waals surface area contributed by atoms with E-state index in [9.17, 15) is 14.4 Å². The van der Waals surface area contributed by atoms with E-state index in [2.05, 4.69) is 10.6 Å². The van der Waals surface area contributed by atoms with Crippen LogP contribution in [0.2, 0.25) is 5.02 Å². The van der Waals surface area contributed by atoms with Gasteiger partial charge in [0.1, 0.15) is 6.54 Å². The number of hydrogen-bond acceptors (Lipinski definition) is 4. The molecule has 0 aliphatic rings. The first-order valence-corrected chi connectivity index (χ1v) is 8.44. The number of hydrogen-bond donors (Lipinski definition) is 2. The van der Waals surface area contributed by atoms with E-state index in [1.807, 2.05) is 19.1 Å². The van der Waals surface area contributed by atoms with Crippen LogP contribution in [0.25, 0.3) is 0 Å². The number of aryl methyl sites for hydroxylation is 1. The van der Waals surface area contributed by atoms with Gasteiger partial charge in [-0.05, 0) is 48.4 Å². The monoisotopic (exact) mass is 374 g/mol. The van der Waals surface area contributed by atoms with E-state index in [-0.39, 0.29) is 6.54 Å². The van der Waals surface area contributed by atoms with Gasteiger partial charge >= 0.3 is 5.97 Å². The highest BCUT2D eigenvalue weighted by Gasteiger charge is 2.11. The summed E-state index contributed by atoms with van der Waals surface area (Å²) in [5.41, 5.74) is 2.15. The van der Waals surface area contributed by atoms with E-state index in [1.165, 1.54) is 0 Å². The third-order valence-corrected chi connectivity index (χ3v) is 3.76. The van der Waals surface area contributed by atoms with E-state index in [0.29, 0.717) is 16.3 Å². The van der Waals surface area contributed by atoms with Crippen molar-refractivity contribution in [2.45, 2.75) is 13.3 Å². The Labute approximate surface area is 156 Å². The van der Waals surface area contributed by atoms with Crippen molar-refractivity contribution in [3.05, 3.63) is 64.7 Å². The van der Waals surface area contributed by atoms with Gasteiger partial charge in [0.05, 0.1) is 0 Å². The van der Waals surface area contributed by atoms with Crippen molar-refractivity contribution < 1.29 is 19.1 Å². The zero-order valence-corrected chi connectivity index (χ0v) is 15.0. The van der Waals surface area contributed by atoms with Crippen LogP contribution in [0, 0.1) is 0 Å². The molecular weight excluding hydrogens is 356 g/mol. The predicted octanol–water partition coefficient (Wildman–Crippen LogP) is 2.81. The first kappa shape index (κ1) is 19.5. The van der Waals surface area contributed by atoms with Gasteiger partial charge in [0, 0.05) is 16.3 Å². The topological polar surface area (TPSA) is 84.5 Å². The Morgan fingerprint density at radius 2 is 1.65 bits per heavy atom. The zero-order valence-electron chi connectivity index (χ0n) is 14.3. The third-order valence-electron chi connectivity index (χ3n) is 3.51. The highest BCUT2D eigenvalue weighted by Crippen LogP contribution is 2.10. The summed E-state index contributed by atoms with van der Waals surface area (Å²) in [7, 11) is 0. The molecule has 2 N–H and O–H groups in total. The molecule has 7 heteroatoms. The van der Waals surface area contributed by atoms with Crippen LogP contribution in [0.3, 0.4) is 0 Å². The fraction of sp³-hybridized carbons (Fsp3) is 0.211. The Hall–Kier alpha value is -2.86. The first-order valence-electron chi connectivity index (χ1n) is 8.06. The van der Waals surface area contributed by atoms with Crippen molar-refractivity contribution in [3.8, 4) is 0 Å². The SMILES string of the molecule is CCc1ccc(NC(=O)COC(=O)CNC(=O)c2ccc(Cl)cc2)cc1. The van der Waals surface area contributed by atoms with Crippen molar-refractivity contribution in [3.63, 3.8) is 0 Å². The van der Waals surface area contributed by atoms with Crippen molar-refractivity contribution in [1.29, 1.82) is 0 Å². The number of rotatable bonds is 7. The van der Waals surface area contributed by atoms with Crippen LogP contribution >= 0.6 is 11.6 Å². The van der Waals surface area contributed by atoms with Crippen LogP contribution < -0.4 is 10.6 Å². The second-order valence-corrected chi connectivity index (χ2v) is 5.89. The Balaban J connectivity index is 1.71. The van der Waals surface area contributed by atoms with Crippen LogP contribution in [-0.4, -0.2) is 30.9 Å². The predicted molar refractivity (Wildman–Crippen MR) is 99.2 cm³/mol. The first-order chi connectivity index (χ1) is 12.5. The van der Waals surface area contributed by atoms with E-state index in [0.717, 1.165) is 12.0 Å². The van der Waals surface area contributed by atoms with E-state index >= 15 is 0 Å². The molecule has 0 atom stereocenters. The summed E-state index contributed by atoms with van der Waals surface area (Å²) in [6.07, 6.45) is 0.910. The smallest absolute Gasteiger partial charge is 0.325 e. The van der Waals surface area contributed by atoms with Crippen molar-refractivity contribution in [2.75, 3.05) is 18.5 Å². The Morgan fingerprint density at radius 1 is 1.00 bits per heavy atom. The van der Waals surface area contributed by atoms with Gasteiger partial charge in [0.15, 0.2) is 6.61 Å². The summed E-state index contributed by atoms with van der Waals surface area (Å²) in [6.45, 7) is 1.28. The summed E-state index contributed by atoms with van der Waals surface area (Å²) in [4.78, 5) is 35.3. The highest BCUT2D eigenvalue weighted by molar-refractivity contribution is 6.30. The van der Waals surface area contributed by atoms with Crippen LogP contribution in [0.1, 0.15) is 22.8 Å². The largest absolute Gasteiger partial charge is 0.454 e. The van der Waals surface area contributed by atoms with E-state index in [1.54, 1.807) is 36.4 Å². The van der Waals surface area contributed by atoms with Gasteiger partial charge < -0.3 is 15.4 Å². The number of anilines is 1. The summed E-state index contributed by atoms with van der Waals surface area (Å²) in [5, 5.41) is 5.56. The van der Waals surface area contributed by atoms with Crippen LogP contribution in [0.15, 0.2) is 48.5 Å². The summed E-state index contributed by atoms with van der Waals surface area (Å²) in [6, 6.07) is 13.6. The lowest BCUT2D eigenvalue weighted by atomic mass is 10.1. The molecule has 0 aromatic heterocycles. The second kappa shape index (κ2) is 9.58. The van der Waals surface area contributed by atoms with Crippen LogP contribution in [0.4, 0.5) is 5.69 Å². The zero-order chi connectivity index (χ0) is 18.9. The summed E-state index contributed by atoms with van der Waals surface area (Å²) in [5.74, 6) is -1.59. The second-order valence-electron chi connectivity index (χ2n) is 5.45. The lowest BCUT2D eigenvalue weighted by Gasteiger charge is -2.08. The Morgan fingerprint density at radius 3 is 2.27 bits per heavy atom. The fourth-order valence-corrected chi connectivity index (χ4v) is 2.20. The lowest BCUT2D eigenvalue weighted by molar-refractivity contribution is -0.146. The molecule has 0 saturated heterocycles. The number of halogens is 1. The van der Waals surface area contributed by atoms with Crippen LogP contribution in [-0.2, 0) is 20.7 Å². The molecule has 0 spiro atoms. The molecule has 0 fully saturated rings. The van der Waals surface area contributed by atoms with Crippen LogP contribution in [0.5, 0.6) is 0 Å². The molecule has 2 aromatic rings. The van der Waals surface area contributed by atoms with Crippen molar-refractivity contribution in [1.82, 2.24) is 5.32 Å². The van der Waals surface area contributed by atoms with Gasteiger partial charge in [0.25, 0.3) is 11.8 Å². The fourth-order valence-electron chi connectivity index (χ4n) is 2.07. The molecule has 2 amide bonds. The molecule has 0 radical (unpaired) electrons. The maximum absolute atomic E-state index is 11.9. The normalized spacial score (nSPS) is 10.1.